The van der Waals surface area contributed by atoms with Gasteiger partial charge in [-0.1, -0.05) is 12.1 Å². The zero-order chi connectivity index (χ0) is 36.1. The molecule has 264 valence electrons. The second-order valence-corrected chi connectivity index (χ2v) is 11.7. The summed E-state index contributed by atoms with van der Waals surface area (Å²) >= 11 is 0. The van der Waals surface area contributed by atoms with E-state index in [1.807, 2.05) is 0 Å². The molecule has 0 radical (unpaired) electrons. The lowest BCUT2D eigenvalue weighted by Crippen LogP contribution is -2.59. The lowest BCUT2D eigenvalue weighted by atomic mass is 10.1. The van der Waals surface area contributed by atoms with Crippen LogP contribution in [0.15, 0.2) is 71.5 Å². The van der Waals surface area contributed by atoms with E-state index in [-0.39, 0.29) is 43.5 Å². The lowest BCUT2D eigenvalue weighted by molar-refractivity contribution is -0.135. The van der Waals surface area contributed by atoms with Crippen LogP contribution in [-0.2, 0) is 9.53 Å². The number of para-hydroxylation sites is 1. The van der Waals surface area contributed by atoms with Crippen molar-refractivity contribution in [2.45, 2.75) is 25.9 Å². The number of nitrogens with one attached hydrogen (secondary N) is 1. The Labute approximate surface area is 288 Å². The minimum Gasteiger partial charge on any atom is -0.497 e. The molecule has 1 aromatic heterocycles. The van der Waals surface area contributed by atoms with Crippen LogP contribution in [0.2, 0.25) is 0 Å². The average Bonchev–Trinajstić information content (AvgIpc) is 3.14. The summed E-state index contributed by atoms with van der Waals surface area (Å²) in [6, 6.07) is 15.0. The highest BCUT2D eigenvalue weighted by molar-refractivity contribution is 6.03. The fraction of sp³-hybridized carbons (Fsp3) is 0.343. The molecule has 0 saturated carbocycles. The molecular weight excluding hydrogens is 649 g/mol. The van der Waals surface area contributed by atoms with Crippen LogP contribution in [0.3, 0.4) is 0 Å². The molecule has 15 heteroatoms. The summed E-state index contributed by atoms with van der Waals surface area (Å²) in [5, 5.41) is 5.00. The van der Waals surface area contributed by atoms with Crippen LogP contribution in [0.25, 0.3) is 10.9 Å². The minimum atomic E-state index is -0.886. The van der Waals surface area contributed by atoms with Crippen LogP contribution in [0, 0.1) is 5.82 Å². The highest BCUT2D eigenvalue weighted by Crippen LogP contribution is 2.37. The van der Waals surface area contributed by atoms with Gasteiger partial charge in [-0.25, -0.2) is 23.6 Å². The molecule has 1 N–H and O–H groups in total. The molecule has 50 heavy (non-hydrogen) atoms. The third kappa shape index (κ3) is 7.11. The van der Waals surface area contributed by atoms with Gasteiger partial charge in [0.2, 0.25) is 5.91 Å². The first kappa shape index (κ1) is 35.4. The number of urea groups is 1. The third-order valence-electron chi connectivity index (χ3n) is 8.75. The fourth-order valence-corrected chi connectivity index (χ4v) is 5.84. The van der Waals surface area contributed by atoms with Crippen molar-refractivity contribution in [3.05, 3.63) is 88.7 Å². The summed E-state index contributed by atoms with van der Waals surface area (Å²) in [5.74, 6) is 0.349. The predicted octanol–water partition coefficient (Wildman–Crippen LogP) is 4.22. The van der Waals surface area contributed by atoms with Crippen LogP contribution < -0.4 is 30.3 Å². The van der Waals surface area contributed by atoms with Crippen molar-refractivity contribution in [3.8, 4) is 11.5 Å². The van der Waals surface area contributed by atoms with Crippen molar-refractivity contribution < 1.29 is 33.0 Å². The molecule has 5 rings (SSSR count). The number of carbonyl (C=O) groups excluding carboxylic acids is 3. The number of nitrogens with zero attached hydrogens (tertiary/aromatic N) is 6. The standard InChI is InChI=1S/C35H40FN7O7/c1-22(42(29-16-15-26(48-4)21-30(29)49-5)34(46)37-25-13-11-24(36)12-14-25)31-38-28-10-8-7-9-27(28)33(45)43(31)41-19-17-40(18-20-41)32(44)23(2)39(3)35(47)50-6/h7-16,21-23H,17-20H2,1-6H3,(H,37,46). The molecule has 2 atom stereocenters. The normalized spacial score (nSPS) is 14.1. The van der Waals surface area contributed by atoms with Gasteiger partial charge in [-0.3, -0.25) is 19.4 Å². The molecule has 0 bridgehead atoms. The van der Waals surface area contributed by atoms with Gasteiger partial charge < -0.3 is 29.4 Å². The van der Waals surface area contributed by atoms with E-state index in [2.05, 4.69) is 5.32 Å². The Morgan fingerprint density at radius 1 is 0.920 bits per heavy atom. The number of piperazine rings is 1. The molecular formula is C35H40FN7O7. The van der Waals surface area contributed by atoms with Crippen molar-refractivity contribution in [1.29, 1.82) is 0 Å². The number of fused-ring (bicyclic) bond motifs is 1. The first-order valence-electron chi connectivity index (χ1n) is 15.9. The summed E-state index contributed by atoms with van der Waals surface area (Å²) in [5.41, 5.74) is 0.785. The zero-order valence-corrected chi connectivity index (χ0v) is 28.8. The van der Waals surface area contributed by atoms with E-state index in [9.17, 15) is 23.6 Å². The number of ether oxygens (including phenoxy) is 3. The topological polar surface area (TPSA) is 139 Å². The average molecular weight is 690 g/mol. The van der Waals surface area contributed by atoms with Crippen LogP contribution in [-0.4, -0.2) is 98.1 Å². The van der Waals surface area contributed by atoms with Gasteiger partial charge in [-0.2, -0.15) is 0 Å². The predicted molar refractivity (Wildman–Crippen MR) is 186 cm³/mol. The molecule has 0 spiro atoms. The van der Waals surface area contributed by atoms with E-state index >= 15 is 0 Å². The Hall–Kier alpha value is -5.86. The number of anilines is 2. The maximum Gasteiger partial charge on any atom is 0.409 e. The summed E-state index contributed by atoms with van der Waals surface area (Å²) in [6.45, 7) is 4.40. The fourth-order valence-electron chi connectivity index (χ4n) is 5.84. The highest BCUT2D eigenvalue weighted by Gasteiger charge is 2.34. The second kappa shape index (κ2) is 15.1. The van der Waals surface area contributed by atoms with Gasteiger partial charge in [0, 0.05) is 31.9 Å². The summed E-state index contributed by atoms with van der Waals surface area (Å²) in [6.07, 6.45) is -0.626. The third-order valence-corrected chi connectivity index (χ3v) is 8.75. The van der Waals surface area contributed by atoms with Gasteiger partial charge in [-0.15, -0.1) is 0 Å². The molecule has 4 aromatic rings. The van der Waals surface area contributed by atoms with E-state index in [4.69, 9.17) is 19.2 Å². The van der Waals surface area contributed by atoms with Crippen molar-refractivity contribution in [2.75, 3.05) is 69.8 Å². The van der Waals surface area contributed by atoms with E-state index in [1.165, 1.54) is 67.1 Å². The Balaban J connectivity index is 1.56. The molecule has 1 saturated heterocycles. The number of carbonyl (C=O) groups is 3. The number of aromatic nitrogens is 2. The van der Waals surface area contributed by atoms with E-state index < -0.39 is 30.0 Å². The lowest BCUT2D eigenvalue weighted by Gasteiger charge is -2.40. The van der Waals surface area contributed by atoms with Crippen LogP contribution in [0.5, 0.6) is 11.5 Å². The monoisotopic (exact) mass is 689 g/mol. The highest BCUT2D eigenvalue weighted by atomic mass is 19.1. The molecule has 0 aliphatic carbocycles. The number of methoxy groups -OCH3 is 3. The van der Waals surface area contributed by atoms with Crippen molar-refractivity contribution in [2.24, 2.45) is 0 Å². The Bertz CT molecular complexity index is 1930. The number of amides is 4. The molecule has 14 nitrogen and oxygen atoms in total. The first-order valence-corrected chi connectivity index (χ1v) is 15.9. The van der Waals surface area contributed by atoms with E-state index in [0.717, 1.165) is 0 Å². The van der Waals surface area contributed by atoms with Gasteiger partial charge in [-0.05, 0) is 62.4 Å². The smallest absolute Gasteiger partial charge is 0.409 e. The molecule has 1 fully saturated rings. The Morgan fingerprint density at radius 3 is 2.24 bits per heavy atom. The molecule has 1 aliphatic heterocycles. The van der Waals surface area contributed by atoms with Gasteiger partial charge in [0.15, 0.2) is 5.82 Å². The SMILES string of the molecule is COC(=O)N(C)C(C)C(=O)N1CCN(n2c(C(C)N(C(=O)Nc3ccc(F)cc3)c3ccc(OC)cc3OC)nc3ccccc3c2=O)CC1. The molecule has 1 aliphatic rings. The molecule has 3 aromatic carbocycles. The molecule has 2 unspecified atom stereocenters. The van der Waals surface area contributed by atoms with Crippen LogP contribution >= 0.6 is 0 Å². The van der Waals surface area contributed by atoms with Crippen LogP contribution in [0.1, 0.15) is 25.7 Å². The Kier molecular flexibility index (Phi) is 10.7. The number of halogens is 1. The number of hydrogen-bond acceptors (Lipinski definition) is 9. The van der Waals surface area contributed by atoms with Gasteiger partial charge in [0.1, 0.15) is 23.4 Å². The van der Waals surface area contributed by atoms with Crippen molar-refractivity contribution in [1.82, 2.24) is 19.5 Å². The van der Waals surface area contributed by atoms with E-state index in [1.54, 1.807) is 66.2 Å². The molecule has 4 amide bonds. The van der Waals surface area contributed by atoms with E-state index in [0.29, 0.717) is 33.8 Å². The summed E-state index contributed by atoms with van der Waals surface area (Å²) < 4.78 is 31.0. The van der Waals surface area contributed by atoms with Crippen molar-refractivity contribution in [3.63, 3.8) is 0 Å². The van der Waals surface area contributed by atoms with Gasteiger partial charge in [0.25, 0.3) is 5.56 Å². The first-order chi connectivity index (χ1) is 24.0. The maximum absolute atomic E-state index is 14.3. The molecule has 2 heterocycles. The summed E-state index contributed by atoms with van der Waals surface area (Å²) in [4.78, 5) is 63.0. The minimum absolute atomic E-state index is 0.249. The van der Waals surface area contributed by atoms with Gasteiger partial charge in [0.05, 0.1) is 57.1 Å². The Morgan fingerprint density at radius 2 is 1.60 bits per heavy atom. The number of hydrogen-bond donors (Lipinski definition) is 1. The number of rotatable bonds is 9. The second-order valence-electron chi connectivity index (χ2n) is 11.7. The number of benzene rings is 3. The summed E-state index contributed by atoms with van der Waals surface area (Å²) in [7, 11) is 5.72. The van der Waals surface area contributed by atoms with Gasteiger partial charge >= 0.3 is 12.1 Å². The zero-order valence-electron chi connectivity index (χ0n) is 28.8. The number of likely N-dealkylation sites (N-methyl/N-ethyl adjacent to an activating group) is 1. The van der Waals surface area contributed by atoms with Crippen LogP contribution in [0.4, 0.5) is 25.4 Å². The quantitative estimate of drug-likeness (QED) is 0.274. The maximum atomic E-state index is 14.3. The van der Waals surface area contributed by atoms with Crippen molar-refractivity contribution >= 4 is 40.3 Å². The largest absolute Gasteiger partial charge is 0.497 e.